The lowest BCUT2D eigenvalue weighted by Gasteiger charge is -2.41. The van der Waals surface area contributed by atoms with Gasteiger partial charge < -0.3 is 14.6 Å². The maximum absolute atomic E-state index is 12.4. The third-order valence-corrected chi connectivity index (χ3v) is 5.15. The van der Waals surface area contributed by atoms with Crippen molar-refractivity contribution in [2.24, 2.45) is 5.41 Å². The van der Waals surface area contributed by atoms with Crippen LogP contribution < -0.4 is 0 Å². The molecule has 2 fully saturated rings. The molecule has 1 aliphatic heterocycles. The summed E-state index contributed by atoms with van der Waals surface area (Å²) in [6.07, 6.45) is 4.72. The molecule has 0 aromatic rings. The van der Waals surface area contributed by atoms with E-state index in [2.05, 4.69) is 13.8 Å². The minimum Gasteiger partial charge on any atom is -0.469 e. The zero-order valence-corrected chi connectivity index (χ0v) is 11.6. The number of rotatable bonds is 4. The quantitative estimate of drug-likeness (QED) is 0.782. The number of ether oxygens (including phenoxy) is 2. The van der Waals surface area contributed by atoms with E-state index < -0.39 is 16.6 Å². The maximum atomic E-state index is 12.4. The van der Waals surface area contributed by atoms with Crippen LogP contribution in [0.15, 0.2) is 0 Å². The third kappa shape index (κ3) is 1.55. The van der Waals surface area contributed by atoms with Crippen LogP contribution in [-0.4, -0.2) is 36.0 Å². The lowest BCUT2D eigenvalue weighted by atomic mass is 9.61. The fraction of sp³-hybridized carbons (Fsp3) is 0.929. The van der Waals surface area contributed by atoms with E-state index in [1.54, 1.807) is 0 Å². The highest BCUT2D eigenvalue weighted by molar-refractivity contribution is 5.79. The zero-order valence-electron chi connectivity index (χ0n) is 11.6. The summed E-state index contributed by atoms with van der Waals surface area (Å²) in [7, 11) is 1.45. The van der Waals surface area contributed by atoms with Crippen LogP contribution in [0.25, 0.3) is 0 Å². The minimum atomic E-state index is -0.563. The van der Waals surface area contributed by atoms with Gasteiger partial charge in [-0.05, 0) is 38.5 Å². The van der Waals surface area contributed by atoms with Crippen molar-refractivity contribution >= 4 is 5.97 Å². The van der Waals surface area contributed by atoms with E-state index in [4.69, 9.17) is 9.47 Å². The van der Waals surface area contributed by atoms with Gasteiger partial charge in [0.1, 0.15) is 0 Å². The van der Waals surface area contributed by atoms with Gasteiger partial charge in [-0.2, -0.15) is 0 Å². The van der Waals surface area contributed by atoms with Gasteiger partial charge in [-0.15, -0.1) is 0 Å². The second-order valence-corrected chi connectivity index (χ2v) is 5.75. The van der Waals surface area contributed by atoms with Crippen LogP contribution in [0.5, 0.6) is 0 Å². The molecular formula is C14H24O4. The monoisotopic (exact) mass is 256 g/mol. The number of methoxy groups -OCH3 is 1. The first kappa shape index (κ1) is 13.8. The summed E-state index contributed by atoms with van der Waals surface area (Å²) in [5.74, 6) is -0.166. The Morgan fingerprint density at radius 1 is 1.33 bits per heavy atom. The Morgan fingerprint density at radius 3 is 2.50 bits per heavy atom. The molecule has 4 heteroatoms. The largest absolute Gasteiger partial charge is 0.469 e. The Labute approximate surface area is 109 Å². The molecule has 0 radical (unpaired) electrons. The minimum absolute atomic E-state index is 0.00645. The lowest BCUT2D eigenvalue weighted by Crippen LogP contribution is -2.50. The fourth-order valence-corrected chi connectivity index (χ4v) is 4.22. The van der Waals surface area contributed by atoms with Crippen LogP contribution in [0.1, 0.15) is 52.4 Å². The molecule has 1 saturated heterocycles. The number of aliphatic hydroxyl groups excluding tert-OH is 1. The van der Waals surface area contributed by atoms with Gasteiger partial charge in [0.2, 0.25) is 0 Å². The van der Waals surface area contributed by atoms with E-state index in [1.165, 1.54) is 7.11 Å². The standard InChI is InChI=1S/C14H24O4/c1-4-14(5-2)13(11(16)17-3)8-6-7-12(9-13,10-15)18-14/h15H,4-10H2,1-3H3/t12?,13-/m1/s1. The third-order valence-electron chi connectivity index (χ3n) is 5.15. The van der Waals surface area contributed by atoms with Crippen molar-refractivity contribution in [3.63, 3.8) is 0 Å². The number of fused-ring (bicyclic) bond motifs is 2. The SMILES string of the molecule is CCC1(CC)OC2(CO)CCC[C@]1(C(=O)OC)C2. The van der Waals surface area contributed by atoms with Crippen LogP contribution >= 0.6 is 0 Å². The van der Waals surface area contributed by atoms with Crippen LogP contribution in [0.3, 0.4) is 0 Å². The number of hydrogen-bond donors (Lipinski definition) is 1. The Bertz CT molecular complexity index is 337. The first-order valence-corrected chi connectivity index (χ1v) is 6.93. The van der Waals surface area contributed by atoms with Crippen molar-refractivity contribution in [3.8, 4) is 0 Å². The van der Waals surface area contributed by atoms with Gasteiger partial charge in [-0.1, -0.05) is 13.8 Å². The molecule has 2 atom stereocenters. The van der Waals surface area contributed by atoms with E-state index in [1.807, 2.05) is 0 Å². The average Bonchev–Trinajstić information content (AvgIpc) is 2.64. The van der Waals surface area contributed by atoms with E-state index in [0.29, 0.717) is 6.42 Å². The summed E-state index contributed by atoms with van der Waals surface area (Å²) < 4.78 is 11.3. The van der Waals surface area contributed by atoms with Crippen LogP contribution in [0.2, 0.25) is 0 Å². The molecule has 0 spiro atoms. The van der Waals surface area contributed by atoms with Gasteiger partial charge in [0.05, 0.1) is 30.3 Å². The topological polar surface area (TPSA) is 55.8 Å². The van der Waals surface area contributed by atoms with Gasteiger partial charge >= 0.3 is 5.97 Å². The molecule has 1 unspecified atom stereocenters. The van der Waals surface area contributed by atoms with Gasteiger partial charge in [-0.3, -0.25) is 4.79 Å². The van der Waals surface area contributed by atoms with E-state index in [-0.39, 0.29) is 12.6 Å². The van der Waals surface area contributed by atoms with Crippen LogP contribution in [-0.2, 0) is 14.3 Å². The van der Waals surface area contributed by atoms with E-state index >= 15 is 0 Å². The Balaban J connectivity index is 2.48. The fourth-order valence-electron chi connectivity index (χ4n) is 4.22. The normalized spacial score (nSPS) is 37.6. The Kier molecular flexibility index (Phi) is 3.45. The summed E-state index contributed by atoms with van der Waals surface area (Å²) in [5, 5.41) is 9.68. The summed E-state index contributed by atoms with van der Waals surface area (Å²) in [6, 6.07) is 0. The Morgan fingerprint density at radius 2 is 2.00 bits per heavy atom. The number of carbonyl (C=O) groups excluding carboxylic acids is 1. The van der Waals surface area contributed by atoms with Crippen molar-refractivity contribution in [3.05, 3.63) is 0 Å². The lowest BCUT2D eigenvalue weighted by molar-refractivity contribution is -0.172. The zero-order chi connectivity index (χ0) is 13.4. The molecule has 1 aliphatic carbocycles. The first-order chi connectivity index (χ1) is 8.53. The molecule has 0 aromatic carbocycles. The number of hydrogen-bond acceptors (Lipinski definition) is 4. The smallest absolute Gasteiger partial charge is 0.314 e. The molecule has 0 amide bonds. The van der Waals surface area contributed by atoms with E-state index in [0.717, 1.165) is 32.1 Å². The molecular weight excluding hydrogens is 232 g/mol. The van der Waals surface area contributed by atoms with Crippen LogP contribution in [0, 0.1) is 5.41 Å². The predicted molar refractivity (Wildman–Crippen MR) is 67.1 cm³/mol. The molecule has 1 heterocycles. The van der Waals surface area contributed by atoms with Crippen molar-refractivity contribution in [1.82, 2.24) is 0 Å². The maximum Gasteiger partial charge on any atom is 0.314 e. The van der Waals surface area contributed by atoms with E-state index in [9.17, 15) is 9.90 Å². The molecule has 4 nitrogen and oxygen atoms in total. The van der Waals surface area contributed by atoms with Crippen LogP contribution in [0.4, 0.5) is 0 Å². The number of esters is 1. The Hall–Kier alpha value is -0.610. The molecule has 2 aliphatic rings. The molecule has 2 rings (SSSR count). The van der Waals surface area contributed by atoms with Gasteiger partial charge in [0.15, 0.2) is 0 Å². The first-order valence-electron chi connectivity index (χ1n) is 6.93. The highest BCUT2D eigenvalue weighted by Gasteiger charge is 2.68. The molecule has 0 aromatic heterocycles. The molecule has 2 bridgehead atoms. The van der Waals surface area contributed by atoms with Gasteiger partial charge in [0, 0.05) is 0 Å². The molecule has 1 N–H and O–H groups in total. The highest BCUT2D eigenvalue weighted by Crippen LogP contribution is 2.61. The average molecular weight is 256 g/mol. The second-order valence-electron chi connectivity index (χ2n) is 5.75. The van der Waals surface area contributed by atoms with Crippen molar-refractivity contribution in [2.45, 2.75) is 63.6 Å². The molecule has 18 heavy (non-hydrogen) atoms. The summed E-state index contributed by atoms with van der Waals surface area (Å²) in [4.78, 5) is 12.4. The highest BCUT2D eigenvalue weighted by atomic mass is 16.6. The summed E-state index contributed by atoms with van der Waals surface area (Å²) in [5.41, 5.74) is -1.57. The molecule has 1 saturated carbocycles. The van der Waals surface area contributed by atoms with Crippen molar-refractivity contribution < 1.29 is 19.4 Å². The van der Waals surface area contributed by atoms with Gasteiger partial charge in [-0.25, -0.2) is 0 Å². The molecule has 104 valence electrons. The number of aliphatic hydroxyl groups is 1. The predicted octanol–water partition coefficient (Wildman–Crippen LogP) is 2.04. The summed E-state index contributed by atoms with van der Waals surface area (Å²) in [6.45, 7) is 4.10. The van der Waals surface area contributed by atoms with Crippen molar-refractivity contribution in [2.75, 3.05) is 13.7 Å². The number of carbonyl (C=O) groups is 1. The van der Waals surface area contributed by atoms with Crippen molar-refractivity contribution in [1.29, 1.82) is 0 Å². The summed E-state index contributed by atoms with van der Waals surface area (Å²) >= 11 is 0. The second kappa shape index (κ2) is 4.49. The van der Waals surface area contributed by atoms with Gasteiger partial charge in [0.25, 0.3) is 0 Å².